The fourth-order valence-electron chi connectivity index (χ4n) is 1.75. The second-order valence-electron chi connectivity index (χ2n) is 4.10. The van der Waals surface area contributed by atoms with Crippen molar-refractivity contribution in [2.75, 3.05) is 0 Å². The molecule has 2 aromatic rings. The second kappa shape index (κ2) is 5.96. The van der Waals surface area contributed by atoms with Gasteiger partial charge in [-0.2, -0.15) is 18.3 Å². The van der Waals surface area contributed by atoms with Crippen molar-refractivity contribution in [2.45, 2.75) is 6.18 Å². The second-order valence-corrected chi connectivity index (χ2v) is 4.54. The van der Waals surface area contributed by atoms with E-state index >= 15 is 0 Å². The molecule has 0 saturated carbocycles. The van der Waals surface area contributed by atoms with Crippen LogP contribution < -0.4 is 11.2 Å². The van der Waals surface area contributed by atoms with E-state index in [2.05, 4.69) is 22.7 Å². The van der Waals surface area contributed by atoms with E-state index in [0.717, 1.165) is 6.07 Å². The number of nitrogens with zero attached hydrogens (tertiary/aromatic N) is 2. The van der Waals surface area contributed by atoms with E-state index in [-0.39, 0.29) is 10.8 Å². The highest BCUT2D eigenvalue weighted by atomic mass is 32.1. The SMILES string of the molecule is NC(=S)NN=Cc1ccn(-c2ccccc2C(F)(F)F)c1. The molecule has 2 rings (SSSR count). The van der Waals surface area contributed by atoms with Gasteiger partial charge in [-0.25, -0.2) is 0 Å². The summed E-state index contributed by atoms with van der Waals surface area (Å²) in [5.41, 5.74) is 7.52. The summed E-state index contributed by atoms with van der Waals surface area (Å²) < 4.78 is 40.2. The lowest BCUT2D eigenvalue weighted by Crippen LogP contribution is -2.23. The van der Waals surface area contributed by atoms with Crippen molar-refractivity contribution in [1.82, 2.24) is 9.99 Å². The zero-order valence-corrected chi connectivity index (χ0v) is 11.4. The lowest BCUT2D eigenvalue weighted by atomic mass is 10.1. The van der Waals surface area contributed by atoms with Crippen molar-refractivity contribution in [3.8, 4) is 5.69 Å². The third-order valence-electron chi connectivity index (χ3n) is 2.59. The Kier molecular flexibility index (Phi) is 4.27. The van der Waals surface area contributed by atoms with Gasteiger partial charge in [0, 0.05) is 18.0 Å². The molecule has 4 nitrogen and oxygen atoms in total. The highest BCUT2D eigenvalue weighted by Gasteiger charge is 2.33. The zero-order chi connectivity index (χ0) is 15.5. The van der Waals surface area contributed by atoms with Crippen molar-refractivity contribution in [2.24, 2.45) is 10.8 Å². The molecule has 3 N–H and O–H groups in total. The smallest absolute Gasteiger partial charge is 0.375 e. The van der Waals surface area contributed by atoms with Crippen LogP contribution in [-0.4, -0.2) is 15.9 Å². The van der Waals surface area contributed by atoms with Gasteiger partial charge in [-0.3, -0.25) is 5.43 Å². The third kappa shape index (κ3) is 3.82. The Balaban J connectivity index is 2.30. The van der Waals surface area contributed by atoms with Gasteiger partial charge in [-0.05, 0) is 30.4 Å². The summed E-state index contributed by atoms with van der Waals surface area (Å²) in [5, 5.41) is 3.75. The van der Waals surface area contributed by atoms with Crippen LogP contribution in [0.5, 0.6) is 0 Å². The predicted molar refractivity (Wildman–Crippen MR) is 78.3 cm³/mol. The molecule has 0 aliphatic rings. The van der Waals surface area contributed by atoms with Crippen LogP contribution >= 0.6 is 12.2 Å². The van der Waals surface area contributed by atoms with Crippen LogP contribution in [0.4, 0.5) is 13.2 Å². The van der Waals surface area contributed by atoms with Crippen molar-refractivity contribution < 1.29 is 13.2 Å². The van der Waals surface area contributed by atoms with Gasteiger partial charge in [-0.1, -0.05) is 12.1 Å². The largest absolute Gasteiger partial charge is 0.418 e. The van der Waals surface area contributed by atoms with Gasteiger partial charge in [-0.15, -0.1) is 0 Å². The number of halogens is 3. The van der Waals surface area contributed by atoms with Gasteiger partial charge in [0.25, 0.3) is 0 Å². The molecular weight excluding hydrogens is 301 g/mol. The molecule has 0 fully saturated rings. The van der Waals surface area contributed by atoms with Crippen LogP contribution in [0.3, 0.4) is 0 Å². The average Bonchev–Trinajstić information content (AvgIpc) is 2.86. The van der Waals surface area contributed by atoms with Gasteiger partial charge < -0.3 is 10.3 Å². The van der Waals surface area contributed by atoms with Crippen molar-refractivity contribution in [3.63, 3.8) is 0 Å². The molecule has 0 atom stereocenters. The van der Waals surface area contributed by atoms with Gasteiger partial charge in [0.2, 0.25) is 0 Å². The lowest BCUT2D eigenvalue weighted by Gasteiger charge is -2.13. The Labute approximate surface area is 124 Å². The molecule has 1 heterocycles. The van der Waals surface area contributed by atoms with Crippen molar-refractivity contribution in [3.05, 3.63) is 53.9 Å². The molecule has 8 heteroatoms. The number of nitrogens with two attached hydrogens (primary N) is 1. The van der Waals surface area contributed by atoms with E-state index in [1.165, 1.54) is 35.3 Å². The number of benzene rings is 1. The number of rotatable bonds is 3. The number of para-hydroxylation sites is 1. The summed E-state index contributed by atoms with van der Waals surface area (Å²) in [7, 11) is 0. The first-order chi connectivity index (χ1) is 9.88. The van der Waals surface area contributed by atoms with E-state index < -0.39 is 11.7 Å². The Morgan fingerprint density at radius 2 is 2.00 bits per heavy atom. The topological polar surface area (TPSA) is 55.3 Å². The number of alkyl halides is 3. The maximum atomic E-state index is 13.0. The molecular formula is C13H11F3N4S. The lowest BCUT2D eigenvalue weighted by molar-refractivity contribution is -0.137. The van der Waals surface area contributed by atoms with Crippen LogP contribution in [0, 0.1) is 0 Å². The minimum Gasteiger partial charge on any atom is -0.375 e. The molecule has 0 spiro atoms. The fourth-order valence-corrected chi connectivity index (χ4v) is 1.80. The summed E-state index contributed by atoms with van der Waals surface area (Å²) >= 11 is 4.57. The molecule has 0 aliphatic heterocycles. The monoisotopic (exact) mass is 312 g/mol. The first-order valence-corrected chi connectivity index (χ1v) is 6.22. The minimum absolute atomic E-state index is 0.00750. The molecule has 0 bridgehead atoms. The van der Waals surface area contributed by atoms with E-state index in [9.17, 15) is 13.2 Å². The molecule has 110 valence electrons. The van der Waals surface area contributed by atoms with E-state index in [1.54, 1.807) is 12.1 Å². The standard InChI is InChI=1S/C13H11F3N4S/c14-13(15,16)10-3-1-2-4-11(10)20-6-5-9(8-20)7-18-19-12(17)21/h1-8H,(H3,17,19,21). The number of nitrogens with one attached hydrogen (secondary N) is 1. The summed E-state index contributed by atoms with van der Waals surface area (Å²) in [6.45, 7) is 0. The van der Waals surface area contributed by atoms with Gasteiger partial charge in [0.15, 0.2) is 5.11 Å². The Morgan fingerprint density at radius 1 is 1.29 bits per heavy atom. The number of hydrogen-bond donors (Lipinski definition) is 2. The molecule has 0 amide bonds. The molecule has 0 aliphatic carbocycles. The zero-order valence-electron chi connectivity index (χ0n) is 10.6. The van der Waals surface area contributed by atoms with Crippen LogP contribution in [0.1, 0.15) is 11.1 Å². The van der Waals surface area contributed by atoms with E-state index in [1.807, 2.05) is 0 Å². The Hall–Kier alpha value is -2.35. The van der Waals surface area contributed by atoms with Crippen LogP contribution in [0.15, 0.2) is 47.8 Å². The van der Waals surface area contributed by atoms with Crippen LogP contribution in [0.2, 0.25) is 0 Å². The fraction of sp³-hybridized carbons (Fsp3) is 0.0769. The highest BCUT2D eigenvalue weighted by Crippen LogP contribution is 2.33. The molecule has 1 aromatic carbocycles. The van der Waals surface area contributed by atoms with Crippen molar-refractivity contribution >= 4 is 23.5 Å². The van der Waals surface area contributed by atoms with Gasteiger partial charge in [0.1, 0.15) is 0 Å². The maximum Gasteiger partial charge on any atom is 0.418 e. The van der Waals surface area contributed by atoms with Crippen LogP contribution in [0.25, 0.3) is 5.69 Å². The molecule has 21 heavy (non-hydrogen) atoms. The third-order valence-corrected chi connectivity index (χ3v) is 2.68. The number of hydrogen-bond acceptors (Lipinski definition) is 2. The average molecular weight is 312 g/mol. The highest BCUT2D eigenvalue weighted by molar-refractivity contribution is 7.80. The predicted octanol–water partition coefficient (Wildman–Crippen LogP) is 2.66. The molecule has 0 radical (unpaired) electrons. The number of thiocarbonyl (C=S) groups is 1. The molecule has 1 aromatic heterocycles. The van der Waals surface area contributed by atoms with Crippen LogP contribution in [-0.2, 0) is 6.18 Å². The molecule has 0 unspecified atom stereocenters. The van der Waals surface area contributed by atoms with Crippen molar-refractivity contribution in [1.29, 1.82) is 0 Å². The molecule has 0 saturated heterocycles. The first kappa shape index (κ1) is 15.0. The van der Waals surface area contributed by atoms with Gasteiger partial charge >= 0.3 is 6.18 Å². The normalized spacial score (nSPS) is 11.8. The van der Waals surface area contributed by atoms with E-state index in [0.29, 0.717) is 5.56 Å². The quantitative estimate of drug-likeness (QED) is 0.520. The summed E-state index contributed by atoms with van der Waals surface area (Å²) in [4.78, 5) is 0. The Morgan fingerprint density at radius 3 is 2.67 bits per heavy atom. The van der Waals surface area contributed by atoms with Gasteiger partial charge in [0.05, 0.1) is 17.5 Å². The van der Waals surface area contributed by atoms with E-state index in [4.69, 9.17) is 5.73 Å². The summed E-state index contributed by atoms with van der Waals surface area (Å²) in [6, 6.07) is 6.96. The first-order valence-electron chi connectivity index (χ1n) is 5.81. The number of hydrazone groups is 1. The number of aromatic nitrogens is 1. The minimum atomic E-state index is -4.41. The Bertz CT molecular complexity index is 676. The summed E-state index contributed by atoms with van der Waals surface area (Å²) in [5.74, 6) is 0. The summed E-state index contributed by atoms with van der Waals surface area (Å²) in [6.07, 6.45) is 0.0380. The maximum absolute atomic E-state index is 13.0.